The van der Waals surface area contributed by atoms with Crippen LogP contribution in [-0.2, 0) is 4.79 Å². The van der Waals surface area contributed by atoms with E-state index in [0.717, 1.165) is 11.3 Å². The third-order valence-electron chi connectivity index (χ3n) is 3.94. The number of carbonyl (C=O) groups is 1. The number of rotatable bonds is 7. The minimum Gasteiger partial charge on any atom is -0.455 e. The predicted octanol–water partition coefficient (Wildman–Crippen LogP) is 4.38. The number of anilines is 1. The van der Waals surface area contributed by atoms with Crippen LogP contribution in [-0.4, -0.2) is 23.6 Å². The van der Waals surface area contributed by atoms with Crippen LogP contribution in [0.5, 0.6) is 0 Å². The molecule has 1 amide bonds. The molecule has 29 heavy (non-hydrogen) atoms. The molecular formula is C20H17ClN4O4. The maximum atomic E-state index is 11.8. The van der Waals surface area contributed by atoms with Crippen molar-refractivity contribution in [2.45, 2.75) is 6.92 Å². The van der Waals surface area contributed by atoms with Crippen molar-refractivity contribution in [2.24, 2.45) is 5.10 Å². The first-order valence-corrected chi connectivity index (χ1v) is 8.97. The first kappa shape index (κ1) is 20.1. The zero-order chi connectivity index (χ0) is 20.8. The SMILES string of the molecule is Cc1ccc(NCC(=O)N/N=C\c2ccc(-c3cc([N+](=O)[O-])ccc3Cl)o2)cc1. The van der Waals surface area contributed by atoms with E-state index in [-0.39, 0.29) is 18.1 Å². The molecule has 0 fully saturated rings. The van der Waals surface area contributed by atoms with Gasteiger partial charge in [0.05, 0.1) is 22.7 Å². The third-order valence-corrected chi connectivity index (χ3v) is 4.27. The van der Waals surface area contributed by atoms with Crippen molar-refractivity contribution >= 4 is 35.1 Å². The number of nitro groups is 1. The summed E-state index contributed by atoms with van der Waals surface area (Å²) in [5.41, 5.74) is 4.66. The van der Waals surface area contributed by atoms with Crippen LogP contribution in [0.4, 0.5) is 11.4 Å². The Morgan fingerprint density at radius 2 is 1.97 bits per heavy atom. The van der Waals surface area contributed by atoms with Gasteiger partial charge in [-0.15, -0.1) is 0 Å². The predicted molar refractivity (Wildman–Crippen MR) is 111 cm³/mol. The van der Waals surface area contributed by atoms with Gasteiger partial charge in [-0.1, -0.05) is 29.3 Å². The molecule has 0 saturated carbocycles. The molecule has 3 rings (SSSR count). The van der Waals surface area contributed by atoms with Gasteiger partial charge >= 0.3 is 0 Å². The fraction of sp³-hybridized carbons (Fsp3) is 0.100. The van der Waals surface area contributed by atoms with E-state index in [9.17, 15) is 14.9 Å². The number of nitro benzene ring substituents is 1. The number of halogens is 1. The quantitative estimate of drug-likeness (QED) is 0.340. The summed E-state index contributed by atoms with van der Waals surface area (Å²) in [4.78, 5) is 22.3. The Bertz CT molecular complexity index is 1060. The lowest BCUT2D eigenvalue weighted by Crippen LogP contribution is -2.25. The van der Waals surface area contributed by atoms with E-state index in [1.807, 2.05) is 31.2 Å². The van der Waals surface area contributed by atoms with Crippen molar-refractivity contribution in [3.63, 3.8) is 0 Å². The number of furan rings is 1. The number of hydrogen-bond donors (Lipinski definition) is 2. The summed E-state index contributed by atoms with van der Waals surface area (Å²) in [5.74, 6) is 0.386. The van der Waals surface area contributed by atoms with Crippen molar-refractivity contribution < 1.29 is 14.1 Å². The van der Waals surface area contributed by atoms with E-state index in [2.05, 4.69) is 15.8 Å². The highest BCUT2D eigenvalue weighted by atomic mass is 35.5. The summed E-state index contributed by atoms with van der Waals surface area (Å²) in [7, 11) is 0. The number of carbonyl (C=O) groups excluding carboxylic acids is 1. The van der Waals surface area contributed by atoms with Crippen molar-refractivity contribution in [3.05, 3.63) is 81.1 Å². The summed E-state index contributed by atoms with van der Waals surface area (Å²) >= 11 is 6.10. The van der Waals surface area contributed by atoms with Crippen LogP contribution >= 0.6 is 11.6 Å². The fourth-order valence-electron chi connectivity index (χ4n) is 2.44. The number of amides is 1. The zero-order valence-electron chi connectivity index (χ0n) is 15.4. The summed E-state index contributed by atoms with van der Waals surface area (Å²) in [6.07, 6.45) is 1.33. The normalized spacial score (nSPS) is 10.8. The number of non-ortho nitro benzene ring substituents is 1. The van der Waals surface area contributed by atoms with Crippen LogP contribution in [0.3, 0.4) is 0 Å². The standard InChI is InChI=1S/C20H17ClN4O4/c1-13-2-4-14(5-3-13)22-12-20(26)24-23-11-16-7-9-19(29-16)17-10-15(25(27)28)6-8-18(17)21/h2-11,22H,12H2,1H3,(H,24,26)/b23-11-. The Balaban J connectivity index is 1.58. The summed E-state index contributed by atoms with van der Waals surface area (Å²) in [6, 6.07) is 15.0. The Labute approximate surface area is 171 Å². The second kappa shape index (κ2) is 9.03. The van der Waals surface area contributed by atoms with E-state index in [4.69, 9.17) is 16.0 Å². The molecule has 0 unspecified atom stereocenters. The number of benzene rings is 2. The summed E-state index contributed by atoms with van der Waals surface area (Å²) < 4.78 is 5.58. The van der Waals surface area contributed by atoms with Crippen molar-refractivity contribution in [3.8, 4) is 11.3 Å². The number of nitrogens with one attached hydrogen (secondary N) is 2. The second-order valence-electron chi connectivity index (χ2n) is 6.14. The minimum atomic E-state index is -0.509. The van der Waals surface area contributed by atoms with Gasteiger partial charge in [0.2, 0.25) is 0 Å². The van der Waals surface area contributed by atoms with Crippen LogP contribution in [0, 0.1) is 17.0 Å². The zero-order valence-corrected chi connectivity index (χ0v) is 16.1. The lowest BCUT2D eigenvalue weighted by atomic mass is 10.1. The molecule has 1 heterocycles. The molecule has 0 spiro atoms. The first-order chi connectivity index (χ1) is 13.9. The van der Waals surface area contributed by atoms with Crippen LogP contribution in [0.1, 0.15) is 11.3 Å². The maximum Gasteiger partial charge on any atom is 0.270 e. The Morgan fingerprint density at radius 1 is 1.21 bits per heavy atom. The monoisotopic (exact) mass is 412 g/mol. The van der Waals surface area contributed by atoms with Gasteiger partial charge in [-0.05, 0) is 37.3 Å². The molecule has 3 aromatic rings. The van der Waals surface area contributed by atoms with E-state index >= 15 is 0 Å². The molecule has 0 aliphatic heterocycles. The molecule has 148 valence electrons. The van der Waals surface area contributed by atoms with Crippen molar-refractivity contribution in [1.82, 2.24) is 5.43 Å². The molecule has 0 aliphatic rings. The Kier molecular flexibility index (Phi) is 6.25. The number of aryl methyl sites for hydroxylation is 1. The van der Waals surface area contributed by atoms with Gasteiger partial charge < -0.3 is 9.73 Å². The smallest absolute Gasteiger partial charge is 0.270 e. The average Bonchev–Trinajstić information content (AvgIpc) is 3.16. The molecule has 0 aliphatic carbocycles. The Hall–Kier alpha value is -3.65. The van der Waals surface area contributed by atoms with E-state index in [1.54, 1.807) is 12.1 Å². The molecular weight excluding hydrogens is 396 g/mol. The van der Waals surface area contributed by atoms with Crippen molar-refractivity contribution in [2.75, 3.05) is 11.9 Å². The lowest BCUT2D eigenvalue weighted by molar-refractivity contribution is -0.384. The number of hydrazone groups is 1. The van der Waals surface area contributed by atoms with Crippen LogP contribution in [0.15, 0.2) is 64.1 Å². The van der Waals surface area contributed by atoms with Crippen LogP contribution < -0.4 is 10.7 Å². The van der Waals surface area contributed by atoms with E-state index in [0.29, 0.717) is 22.1 Å². The summed E-state index contributed by atoms with van der Waals surface area (Å²) in [5, 5.41) is 18.1. The van der Waals surface area contributed by atoms with Gasteiger partial charge in [0.25, 0.3) is 11.6 Å². The molecule has 1 aromatic heterocycles. The molecule has 0 bridgehead atoms. The maximum absolute atomic E-state index is 11.8. The highest BCUT2D eigenvalue weighted by Crippen LogP contribution is 2.32. The molecule has 0 atom stereocenters. The molecule has 0 saturated heterocycles. The molecule has 9 heteroatoms. The summed E-state index contributed by atoms with van der Waals surface area (Å²) in [6.45, 7) is 2.05. The van der Waals surface area contributed by atoms with Gasteiger partial charge in [-0.25, -0.2) is 5.43 Å². The van der Waals surface area contributed by atoms with E-state index in [1.165, 1.54) is 24.4 Å². The number of nitrogens with zero attached hydrogens (tertiary/aromatic N) is 2. The minimum absolute atomic E-state index is 0.0626. The van der Waals surface area contributed by atoms with Gasteiger partial charge in [-0.3, -0.25) is 14.9 Å². The fourth-order valence-corrected chi connectivity index (χ4v) is 2.65. The third kappa shape index (κ3) is 5.43. The van der Waals surface area contributed by atoms with Gasteiger partial charge in [0, 0.05) is 23.4 Å². The van der Waals surface area contributed by atoms with Gasteiger partial charge in [-0.2, -0.15) is 5.10 Å². The molecule has 2 N–H and O–H groups in total. The largest absolute Gasteiger partial charge is 0.455 e. The number of hydrogen-bond acceptors (Lipinski definition) is 6. The van der Waals surface area contributed by atoms with Crippen LogP contribution in [0.25, 0.3) is 11.3 Å². The van der Waals surface area contributed by atoms with E-state index < -0.39 is 4.92 Å². The topological polar surface area (TPSA) is 110 Å². The average molecular weight is 413 g/mol. The Morgan fingerprint density at radius 3 is 2.69 bits per heavy atom. The highest BCUT2D eigenvalue weighted by molar-refractivity contribution is 6.33. The van der Waals surface area contributed by atoms with Crippen molar-refractivity contribution in [1.29, 1.82) is 0 Å². The molecule has 2 aromatic carbocycles. The molecule has 8 nitrogen and oxygen atoms in total. The van der Waals surface area contributed by atoms with Gasteiger partial charge in [0.15, 0.2) is 0 Å². The second-order valence-corrected chi connectivity index (χ2v) is 6.54. The highest BCUT2D eigenvalue weighted by Gasteiger charge is 2.14. The lowest BCUT2D eigenvalue weighted by Gasteiger charge is -2.05. The van der Waals surface area contributed by atoms with Gasteiger partial charge in [0.1, 0.15) is 11.5 Å². The first-order valence-electron chi connectivity index (χ1n) is 8.59. The van der Waals surface area contributed by atoms with Crippen LogP contribution in [0.2, 0.25) is 5.02 Å². The molecule has 0 radical (unpaired) electrons.